The highest BCUT2D eigenvalue weighted by Gasteiger charge is 2.35. The lowest BCUT2D eigenvalue weighted by atomic mass is 9.77. The fourth-order valence-corrected chi connectivity index (χ4v) is 5.03. The van der Waals surface area contributed by atoms with Crippen LogP contribution >= 0.6 is 0 Å². The Kier molecular flexibility index (Phi) is 9.12. The van der Waals surface area contributed by atoms with E-state index in [1.165, 1.54) is 12.8 Å². The lowest BCUT2D eigenvalue weighted by Gasteiger charge is -2.45. The molecule has 0 unspecified atom stereocenters. The normalized spacial score (nSPS) is 16.7. The molecule has 6 heteroatoms. The average Bonchev–Trinajstić information content (AvgIpc) is 3.07. The van der Waals surface area contributed by atoms with Crippen LogP contribution in [0.15, 0.2) is 35.8 Å². The predicted molar refractivity (Wildman–Crippen MR) is 145 cm³/mol. The van der Waals surface area contributed by atoms with Crippen LogP contribution in [0.4, 0.5) is 5.69 Å². The standard InChI is InChI=1S/C16H17N5.C10H21N.C2H6/c1-10(2)19-15-7-17-14(5-11(15)3)13-6-18-16-20-12(4)8-21(16)9-13;1-8-6-9(2,3)11-10(4,5)7-8;1-2/h5-9H,1-4H3;8,11H,6-7H2,1-5H3;1-2H3. The van der Waals surface area contributed by atoms with Gasteiger partial charge in [-0.25, -0.2) is 9.97 Å². The van der Waals surface area contributed by atoms with Gasteiger partial charge >= 0.3 is 0 Å². The van der Waals surface area contributed by atoms with E-state index in [1.807, 2.05) is 64.4 Å². The fraction of sp³-hybridized carbons (Fsp3) is 0.571. The third-order valence-corrected chi connectivity index (χ3v) is 5.55. The molecule has 1 aliphatic rings. The van der Waals surface area contributed by atoms with E-state index < -0.39 is 0 Å². The number of aryl methyl sites for hydroxylation is 2. The molecule has 4 heterocycles. The number of hydrogen-bond acceptors (Lipinski definition) is 5. The number of fused-ring (bicyclic) bond motifs is 1. The van der Waals surface area contributed by atoms with Gasteiger partial charge in [0, 0.05) is 40.9 Å². The molecule has 1 fully saturated rings. The molecule has 0 bridgehead atoms. The molecule has 3 aromatic rings. The first-order valence-corrected chi connectivity index (χ1v) is 12.4. The lowest BCUT2D eigenvalue weighted by Crippen LogP contribution is -2.57. The Bertz CT molecular complexity index is 1100. The number of pyridine rings is 1. The van der Waals surface area contributed by atoms with Crippen molar-refractivity contribution in [1.29, 1.82) is 0 Å². The van der Waals surface area contributed by atoms with E-state index in [0.29, 0.717) is 16.9 Å². The van der Waals surface area contributed by atoms with E-state index in [0.717, 1.165) is 39.8 Å². The highest BCUT2D eigenvalue weighted by Crippen LogP contribution is 2.32. The molecule has 0 spiro atoms. The molecular formula is C28H44N6. The van der Waals surface area contributed by atoms with Crippen LogP contribution in [0.5, 0.6) is 0 Å². The van der Waals surface area contributed by atoms with Gasteiger partial charge in [0.05, 0.1) is 23.3 Å². The Morgan fingerprint density at radius 1 is 1.00 bits per heavy atom. The van der Waals surface area contributed by atoms with Gasteiger partial charge in [0.1, 0.15) is 0 Å². The fourth-order valence-electron chi connectivity index (χ4n) is 5.03. The van der Waals surface area contributed by atoms with Crippen molar-refractivity contribution < 1.29 is 0 Å². The zero-order valence-corrected chi connectivity index (χ0v) is 23.1. The summed E-state index contributed by atoms with van der Waals surface area (Å²) in [5.41, 5.74) is 6.50. The predicted octanol–water partition coefficient (Wildman–Crippen LogP) is 7.11. The van der Waals surface area contributed by atoms with Gasteiger partial charge in [-0.15, -0.1) is 0 Å². The van der Waals surface area contributed by atoms with Crippen LogP contribution in [0.2, 0.25) is 0 Å². The summed E-state index contributed by atoms with van der Waals surface area (Å²) >= 11 is 0. The Labute approximate surface area is 206 Å². The minimum Gasteiger partial charge on any atom is -0.307 e. The smallest absolute Gasteiger partial charge is 0.233 e. The molecule has 0 aliphatic carbocycles. The molecule has 34 heavy (non-hydrogen) atoms. The minimum atomic E-state index is 0.334. The zero-order valence-electron chi connectivity index (χ0n) is 23.1. The van der Waals surface area contributed by atoms with E-state index in [1.54, 1.807) is 12.4 Å². The number of rotatable bonds is 2. The number of nitrogens with one attached hydrogen (secondary N) is 1. The molecule has 0 amide bonds. The van der Waals surface area contributed by atoms with Crippen LogP contribution < -0.4 is 5.32 Å². The molecule has 0 radical (unpaired) electrons. The maximum absolute atomic E-state index is 4.50. The number of aliphatic imine (C=N–C) groups is 1. The topological polar surface area (TPSA) is 67.5 Å². The first-order chi connectivity index (χ1) is 15.8. The van der Waals surface area contributed by atoms with Gasteiger partial charge in [-0.2, -0.15) is 0 Å². The first-order valence-electron chi connectivity index (χ1n) is 12.4. The number of hydrogen-bond donors (Lipinski definition) is 1. The van der Waals surface area contributed by atoms with E-state index in [2.05, 4.69) is 59.9 Å². The van der Waals surface area contributed by atoms with Gasteiger partial charge in [0.2, 0.25) is 5.78 Å². The summed E-state index contributed by atoms with van der Waals surface area (Å²) in [6.45, 7) is 23.5. The average molecular weight is 465 g/mol. The summed E-state index contributed by atoms with van der Waals surface area (Å²) in [5, 5.41) is 3.66. The SMILES string of the molecule is CC.CC(C)=Nc1cnc(-c2cnc3nc(C)cn3c2)cc1C.CC1CC(C)(C)NC(C)(C)C1. The van der Waals surface area contributed by atoms with Crippen molar-refractivity contribution in [1.82, 2.24) is 24.7 Å². The molecule has 0 atom stereocenters. The summed E-state index contributed by atoms with van der Waals surface area (Å²) < 4.78 is 1.92. The van der Waals surface area contributed by atoms with Gasteiger partial charge in [-0.05, 0) is 85.8 Å². The van der Waals surface area contributed by atoms with Crippen molar-refractivity contribution in [2.75, 3.05) is 0 Å². The number of aromatic nitrogens is 4. The van der Waals surface area contributed by atoms with Crippen LogP contribution in [-0.4, -0.2) is 36.1 Å². The van der Waals surface area contributed by atoms with Gasteiger partial charge in [-0.1, -0.05) is 20.8 Å². The molecular weight excluding hydrogens is 420 g/mol. The van der Waals surface area contributed by atoms with Crippen molar-refractivity contribution in [3.63, 3.8) is 0 Å². The van der Waals surface area contributed by atoms with Crippen LogP contribution in [-0.2, 0) is 0 Å². The largest absolute Gasteiger partial charge is 0.307 e. The monoisotopic (exact) mass is 464 g/mol. The summed E-state index contributed by atoms with van der Waals surface area (Å²) in [5.74, 6) is 1.57. The van der Waals surface area contributed by atoms with Crippen LogP contribution in [0.3, 0.4) is 0 Å². The van der Waals surface area contributed by atoms with E-state index >= 15 is 0 Å². The summed E-state index contributed by atoms with van der Waals surface area (Å²) in [4.78, 5) is 17.7. The molecule has 1 saturated heterocycles. The molecule has 3 aromatic heterocycles. The molecule has 1 aliphatic heterocycles. The molecule has 186 valence electrons. The van der Waals surface area contributed by atoms with E-state index in [9.17, 15) is 0 Å². The Morgan fingerprint density at radius 2 is 1.62 bits per heavy atom. The second-order valence-corrected chi connectivity index (χ2v) is 10.8. The van der Waals surface area contributed by atoms with Crippen molar-refractivity contribution in [3.8, 4) is 11.3 Å². The third kappa shape index (κ3) is 7.73. The van der Waals surface area contributed by atoms with E-state index in [4.69, 9.17) is 0 Å². The van der Waals surface area contributed by atoms with Crippen LogP contribution in [0.25, 0.3) is 17.0 Å². The number of imidazole rings is 1. The summed E-state index contributed by atoms with van der Waals surface area (Å²) in [7, 11) is 0. The van der Waals surface area contributed by atoms with Gasteiger partial charge in [-0.3, -0.25) is 14.4 Å². The van der Waals surface area contributed by atoms with Crippen molar-refractivity contribution in [3.05, 3.63) is 42.1 Å². The Hall–Kier alpha value is -2.60. The molecule has 1 N–H and O–H groups in total. The maximum Gasteiger partial charge on any atom is 0.233 e. The van der Waals surface area contributed by atoms with Gasteiger partial charge in [0.15, 0.2) is 0 Å². The summed E-state index contributed by atoms with van der Waals surface area (Å²) in [6, 6.07) is 2.04. The Balaban J connectivity index is 0.000000266. The van der Waals surface area contributed by atoms with Crippen LogP contribution in [0.1, 0.15) is 86.4 Å². The Morgan fingerprint density at radius 3 is 2.15 bits per heavy atom. The van der Waals surface area contributed by atoms with Gasteiger partial charge in [0.25, 0.3) is 0 Å². The highest BCUT2D eigenvalue weighted by molar-refractivity contribution is 5.82. The molecule has 6 nitrogen and oxygen atoms in total. The van der Waals surface area contributed by atoms with Gasteiger partial charge < -0.3 is 5.32 Å². The first kappa shape index (κ1) is 27.6. The third-order valence-electron chi connectivity index (χ3n) is 5.55. The van der Waals surface area contributed by atoms with Crippen molar-refractivity contribution in [2.24, 2.45) is 10.9 Å². The molecule has 0 aromatic carbocycles. The lowest BCUT2D eigenvalue weighted by molar-refractivity contribution is 0.138. The number of piperidine rings is 1. The van der Waals surface area contributed by atoms with E-state index in [-0.39, 0.29) is 0 Å². The zero-order chi connectivity index (χ0) is 25.7. The summed E-state index contributed by atoms with van der Waals surface area (Å²) in [6.07, 6.45) is 10.2. The second kappa shape index (κ2) is 11.2. The minimum absolute atomic E-state index is 0.334. The van der Waals surface area contributed by atoms with Crippen molar-refractivity contribution in [2.45, 2.75) is 100 Å². The van der Waals surface area contributed by atoms with Crippen molar-refractivity contribution >= 4 is 17.2 Å². The highest BCUT2D eigenvalue weighted by atomic mass is 15.1. The van der Waals surface area contributed by atoms with Crippen LogP contribution in [0, 0.1) is 19.8 Å². The number of nitrogens with zero attached hydrogens (tertiary/aromatic N) is 5. The molecule has 4 rings (SSSR count). The molecule has 0 saturated carbocycles. The second-order valence-electron chi connectivity index (χ2n) is 10.8. The maximum atomic E-state index is 4.50. The quantitative estimate of drug-likeness (QED) is 0.410.